The molecule has 0 amide bonds. The molecule has 7 heteroatoms. The maximum absolute atomic E-state index is 5.15. The second-order valence-electron chi connectivity index (χ2n) is 2.91. The molecule has 0 unspecified atom stereocenters. The van der Waals surface area contributed by atoms with E-state index in [9.17, 15) is 0 Å². The Labute approximate surface area is 107 Å². The molecule has 1 aromatic rings. The molecule has 0 spiro atoms. The van der Waals surface area contributed by atoms with E-state index >= 15 is 0 Å². The van der Waals surface area contributed by atoms with Gasteiger partial charge in [0.2, 0.25) is 5.96 Å². The molecule has 0 fully saturated rings. The van der Waals surface area contributed by atoms with Gasteiger partial charge in [-0.1, -0.05) is 6.07 Å². The van der Waals surface area contributed by atoms with E-state index in [4.69, 9.17) is 11.5 Å². The monoisotopic (exact) mass is 263 g/mol. The highest BCUT2D eigenvalue weighted by Gasteiger charge is 1.99. The first kappa shape index (κ1) is 17.1. The van der Waals surface area contributed by atoms with Gasteiger partial charge in [-0.15, -0.1) is 17.5 Å². The lowest BCUT2D eigenvalue weighted by molar-refractivity contribution is -0.682. The van der Waals surface area contributed by atoms with Crippen LogP contribution in [-0.2, 0) is 6.54 Å². The maximum atomic E-state index is 5.15. The Kier molecular flexibility index (Phi) is 9.54. The van der Waals surface area contributed by atoms with Crippen molar-refractivity contribution in [2.75, 3.05) is 0 Å². The molecule has 0 bridgehead atoms. The van der Waals surface area contributed by atoms with E-state index in [0.29, 0.717) is 6.54 Å². The summed E-state index contributed by atoms with van der Waals surface area (Å²) >= 11 is 0. The summed E-state index contributed by atoms with van der Waals surface area (Å²) in [5.74, 6) is -0.0255. The minimum absolute atomic E-state index is 0. The van der Waals surface area contributed by atoms with Crippen LogP contribution in [0.1, 0.15) is 6.92 Å². The zero-order chi connectivity index (χ0) is 10.4. The first-order chi connectivity index (χ1) is 6.68. The van der Waals surface area contributed by atoms with E-state index in [-0.39, 0.29) is 30.8 Å². The number of hydrogen-bond donors (Lipinski definition) is 2. The van der Waals surface area contributed by atoms with Crippen molar-refractivity contribution in [2.24, 2.45) is 21.7 Å². The molecule has 16 heavy (non-hydrogen) atoms. The van der Waals surface area contributed by atoms with Crippen LogP contribution in [0.4, 0.5) is 0 Å². The second-order valence-corrected chi connectivity index (χ2v) is 2.91. The molecule has 0 saturated carbocycles. The van der Waals surface area contributed by atoms with Crippen molar-refractivity contribution in [1.29, 1.82) is 0 Å². The van der Waals surface area contributed by atoms with Gasteiger partial charge in [0.05, 0.1) is 0 Å². The number of guanidine groups is 1. The van der Waals surface area contributed by atoms with E-state index in [1.807, 2.05) is 42.1 Å². The van der Waals surface area contributed by atoms with Crippen LogP contribution in [0.25, 0.3) is 0 Å². The number of aromatic nitrogens is 1. The van der Waals surface area contributed by atoms with Gasteiger partial charge < -0.3 is 23.9 Å². The molecule has 1 heterocycles. The fourth-order valence-corrected chi connectivity index (χ4v) is 0.979. The average Bonchev–Trinajstić information content (AvgIpc) is 2.16. The lowest BCUT2D eigenvalue weighted by Crippen LogP contribution is -3.00. The molecule has 4 N–H and O–H groups in total. The summed E-state index contributed by atoms with van der Waals surface area (Å²) in [6.45, 7) is 2.55. The van der Waals surface area contributed by atoms with E-state index in [1.54, 1.807) is 0 Å². The molecular weight excluding hydrogens is 249 g/mol. The van der Waals surface area contributed by atoms with Crippen molar-refractivity contribution in [2.45, 2.75) is 13.5 Å². The molecule has 0 aliphatic carbocycles. The molecule has 0 aromatic carbocycles. The molecule has 0 aliphatic heterocycles. The smallest absolute Gasteiger partial charge is 0.211 e. The van der Waals surface area contributed by atoms with Crippen LogP contribution < -0.4 is 28.4 Å². The van der Waals surface area contributed by atoms with Crippen LogP contribution in [0.5, 0.6) is 0 Å². The van der Waals surface area contributed by atoms with E-state index in [2.05, 4.69) is 10.2 Å². The number of halogens is 2. The number of pyridine rings is 1. The Morgan fingerprint density at radius 3 is 2.19 bits per heavy atom. The third-order valence-electron chi connectivity index (χ3n) is 1.52. The molecule has 0 saturated heterocycles. The van der Waals surface area contributed by atoms with Crippen molar-refractivity contribution in [1.82, 2.24) is 0 Å². The zero-order valence-electron chi connectivity index (χ0n) is 8.88. The van der Waals surface area contributed by atoms with Crippen LogP contribution in [0.3, 0.4) is 0 Å². The van der Waals surface area contributed by atoms with Gasteiger partial charge in [0.25, 0.3) is 0 Å². The van der Waals surface area contributed by atoms with E-state index < -0.39 is 0 Å². The van der Waals surface area contributed by atoms with Crippen molar-refractivity contribution < 1.29 is 17.0 Å². The number of nitrogens with two attached hydrogens (primary N) is 2. The molecule has 0 radical (unpaired) electrons. The van der Waals surface area contributed by atoms with Gasteiger partial charge in [-0.2, -0.15) is 9.67 Å². The standard InChI is InChI=1S/C9H14N5.2ClH/c1-8(12-13-9(10)11)7-14-5-3-2-4-6-14;;/h2-6H,7H2,1H3,(H4,10,11,13);2*1H/q+1;;/p-1. The highest BCUT2D eigenvalue weighted by atomic mass is 35.5. The summed E-state index contributed by atoms with van der Waals surface area (Å²) in [5.41, 5.74) is 11.1. The average molecular weight is 264 g/mol. The summed E-state index contributed by atoms with van der Waals surface area (Å²) < 4.78 is 1.99. The van der Waals surface area contributed by atoms with Crippen LogP contribution in [0.2, 0.25) is 0 Å². The number of rotatable bonds is 3. The first-order valence-corrected chi connectivity index (χ1v) is 4.24. The van der Waals surface area contributed by atoms with Gasteiger partial charge >= 0.3 is 0 Å². The summed E-state index contributed by atoms with van der Waals surface area (Å²) in [5, 5.41) is 7.42. The molecule has 0 atom stereocenters. The molecule has 5 nitrogen and oxygen atoms in total. The molecule has 0 aliphatic rings. The summed E-state index contributed by atoms with van der Waals surface area (Å²) in [7, 11) is 0. The van der Waals surface area contributed by atoms with E-state index in [0.717, 1.165) is 5.71 Å². The van der Waals surface area contributed by atoms with Gasteiger partial charge in [-0.3, -0.25) is 0 Å². The molecule has 90 valence electrons. The van der Waals surface area contributed by atoms with Crippen molar-refractivity contribution in [3.8, 4) is 0 Å². The largest absolute Gasteiger partial charge is 1.00 e. The predicted molar refractivity (Wildman–Crippen MR) is 62.8 cm³/mol. The van der Waals surface area contributed by atoms with Crippen LogP contribution in [-0.4, -0.2) is 11.7 Å². The number of hydrogen-bond acceptors (Lipinski definition) is 2. The van der Waals surface area contributed by atoms with Crippen LogP contribution in [0, 0.1) is 0 Å². The van der Waals surface area contributed by atoms with E-state index in [1.165, 1.54) is 0 Å². The maximum Gasteiger partial charge on any atom is 0.211 e. The highest BCUT2D eigenvalue weighted by Crippen LogP contribution is 1.82. The third-order valence-corrected chi connectivity index (χ3v) is 1.52. The van der Waals surface area contributed by atoms with Crippen molar-refractivity contribution in [3.63, 3.8) is 0 Å². The van der Waals surface area contributed by atoms with Crippen LogP contribution >= 0.6 is 12.4 Å². The van der Waals surface area contributed by atoms with Gasteiger partial charge in [0.15, 0.2) is 18.9 Å². The normalized spacial score (nSPS) is 9.69. The predicted octanol–water partition coefficient (Wildman–Crippen LogP) is -2.95. The fraction of sp³-hybridized carbons (Fsp3) is 0.222. The lowest BCUT2D eigenvalue weighted by atomic mass is 10.4. The highest BCUT2D eigenvalue weighted by molar-refractivity contribution is 5.85. The SMILES string of the molecule is CC(C[n+]1ccccc1)=NN=C(N)N.Cl.[Cl-]. The Hall–Kier alpha value is -1.33. The van der Waals surface area contributed by atoms with Gasteiger partial charge in [0, 0.05) is 12.1 Å². The summed E-state index contributed by atoms with van der Waals surface area (Å²) in [6, 6.07) is 5.86. The minimum Gasteiger partial charge on any atom is -1.00 e. The molecule has 1 rings (SSSR count). The third kappa shape index (κ3) is 7.03. The zero-order valence-corrected chi connectivity index (χ0v) is 10.4. The first-order valence-electron chi connectivity index (χ1n) is 4.24. The lowest BCUT2D eigenvalue weighted by Gasteiger charge is -1.93. The summed E-state index contributed by atoms with van der Waals surface area (Å²) in [4.78, 5) is 0. The molecule has 1 aromatic heterocycles. The Morgan fingerprint density at radius 1 is 1.12 bits per heavy atom. The Bertz CT molecular complexity index is 346. The van der Waals surface area contributed by atoms with Crippen LogP contribution in [0.15, 0.2) is 40.8 Å². The van der Waals surface area contributed by atoms with Crippen molar-refractivity contribution in [3.05, 3.63) is 30.6 Å². The quantitative estimate of drug-likeness (QED) is 0.265. The summed E-state index contributed by atoms with van der Waals surface area (Å²) in [6.07, 6.45) is 3.91. The van der Waals surface area contributed by atoms with Crippen molar-refractivity contribution >= 4 is 24.1 Å². The Balaban J connectivity index is 0. The van der Waals surface area contributed by atoms with Gasteiger partial charge in [-0.05, 0) is 6.92 Å². The van der Waals surface area contributed by atoms with Gasteiger partial charge in [0.1, 0.15) is 5.71 Å². The fourth-order valence-electron chi connectivity index (χ4n) is 0.979. The minimum atomic E-state index is -0.0255. The molecular formula is C9H15Cl2N5. The second kappa shape index (κ2) is 8.94. The Morgan fingerprint density at radius 2 is 1.69 bits per heavy atom. The topological polar surface area (TPSA) is 80.6 Å². The van der Waals surface area contributed by atoms with Gasteiger partial charge in [-0.25, -0.2) is 0 Å². The number of nitrogens with zero attached hydrogens (tertiary/aromatic N) is 3.